The standard InChI is InChI=1S/C26H24ClN3O8/c1-12-8-16(31)15(10-29-11-19(32)30-14-6-4-13(5-7-14)25(28)35)23(33)26(12)24(34)20-17(36-2)9-18(37-3)21(27)22(20)38-26/h4-7,9-10,12,33H,8,11H2,1-3H3,(H2,28,35)(H,30,32)/t12-,26+/m1/s1. The number of nitrogens with one attached hydrogen (secondary N) is 1. The number of ether oxygens (including phenoxy) is 3. The predicted octanol–water partition coefficient (Wildman–Crippen LogP) is 2.90. The van der Waals surface area contributed by atoms with Crippen LogP contribution >= 0.6 is 11.6 Å². The lowest BCUT2D eigenvalue weighted by molar-refractivity contribution is -0.119. The number of hydrogen-bond acceptors (Lipinski definition) is 9. The summed E-state index contributed by atoms with van der Waals surface area (Å²) in [6.07, 6.45) is 0.904. The number of aliphatic imine (C=N–C) groups is 1. The molecule has 1 aliphatic carbocycles. The van der Waals surface area contributed by atoms with Crippen LogP contribution in [0.3, 0.4) is 0 Å². The van der Waals surface area contributed by atoms with E-state index < -0.39 is 47.2 Å². The Balaban J connectivity index is 1.61. The number of nitrogens with two attached hydrogens (primary N) is 1. The first kappa shape index (κ1) is 26.7. The van der Waals surface area contributed by atoms with Gasteiger partial charge in [0.15, 0.2) is 17.3 Å². The third-order valence-electron chi connectivity index (χ3n) is 6.42. The number of anilines is 1. The molecule has 1 spiro atoms. The number of carbonyl (C=O) groups excluding carboxylic acids is 4. The zero-order valence-electron chi connectivity index (χ0n) is 20.7. The lowest BCUT2D eigenvalue weighted by Crippen LogP contribution is -2.52. The van der Waals surface area contributed by atoms with Gasteiger partial charge in [0.2, 0.25) is 23.2 Å². The number of ketones is 2. The highest BCUT2D eigenvalue weighted by Crippen LogP contribution is 2.54. The lowest BCUT2D eigenvalue weighted by atomic mass is 9.73. The molecule has 12 heteroatoms. The molecule has 0 aromatic heterocycles. The summed E-state index contributed by atoms with van der Waals surface area (Å²) in [7, 11) is 2.75. The number of benzene rings is 2. The van der Waals surface area contributed by atoms with Crippen molar-refractivity contribution in [1.29, 1.82) is 0 Å². The van der Waals surface area contributed by atoms with Gasteiger partial charge < -0.3 is 30.4 Å². The number of amides is 2. The van der Waals surface area contributed by atoms with Crippen molar-refractivity contribution < 1.29 is 38.5 Å². The van der Waals surface area contributed by atoms with Crippen molar-refractivity contribution in [3.63, 3.8) is 0 Å². The summed E-state index contributed by atoms with van der Waals surface area (Å²) in [6, 6.07) is 7.35. The fourth-order valence-electron chi connectivity index (χ4n) is 4.45. The number of primary amides is 1. The van der Waals surface area contributed by atoms with Gasteiger partial charge in [-0.3, -0.25) is 24.2 Å². The Bertz CT molecular complexity index is 1420. The summed E-state index contributed by atoms with van der Waals surface area (Å²) < 4.78 is 16.6. The van der Waals surface area contributed by atoms with Crippen molar-refractivity contribution in [3.05, 3.63) is 57.8 Å². The zero-order valence-corrected chi connectivity index (χ0v) is 21.4. The summed E-state index contributed by atoms with van der Waals surface area (Å²) in [5, 5.41) is 13.8. The number of allylic oxidation sites excluding steroid dienone is 1. The van der Waals surface area contributed by atoms with Gasteiger partial charge in [0, 0.05) is 35.9 Å². The van der Waals surface area contributed by atoms with E-state index in [-0.39, 0.29) is 45.4 Å². The van der Waals surface area contributed by atoms with Gasteiger partial charge in [-0.1, -0.05) is 18.5 Å². The van der Waals surface area contributed by atoms with E-state index in [0.717, 1.165) is 6.21 Å². The number of aliphatic hydroxyl groups is 1. The number of hydrogen-bond donors (Lipinski definition) is 3. The fourth-order valence-corrected chi connectivity index (χ4v) is 4.72. The smallest absolute Gasteiger partial charge is 0.248 e. The third kappa shape index (κ3) is 4.34. The van der Waals surface area contributed by atoms with Gasteiger partial charge in [0.1, 0.15) is 28.6 Å². The highest BCUT2D eigenvalue weighted by atomic mass is 35.5. The van der Waals surface area contributed by atoms with Gasteiger partial charge >= 0.3 is 0 Å². The minimum absolute atomic E-state index is 0.0150. The molecule has 38 heavy (non-hydrogen) atoms. The maximum atomic E-state index is 13.7. The molecule has 2 atom stereocenters. The van der Waals surface area contributed by atoms with Crippen LogP contribution in [0.25, 0.3) is 0 Å². The summed E-state index contributed by atoms with van der Waals surface area (Å²) in [5.74, 6) is -3.32. The van der Waals surface area contributed by atoms with Crippen LogP contribution in [0.1, 0.15) is 34.1 Å². The summed E-state index contributed by atoms with van der Waals surface area (Å²) in [4.78, 5) is 53.9. The molecule has 0 unspecified atom stereocenters. The maximum absolute atomic E-state index is 13.7. The molecule has 1 aliphatic heterocycles. The largest absolute Gasteiger partial charge is 0.507 e. The molecule has 4 N–H and O–H groups in total. The Morgan fingerprint density at radius 2 is 1.89 bits per heavy atom. The first-order valence-corrected chi connectivity index (χ1v) is 11.8. The van der Waals surface area contributed by atoms with Crippen LogP contribution in [0, 0.1) is 5.92 Å². The number of nitrogens with zero attached hydrogens (tertiary/aromatic N) is 1. The molecule has 2 aromatic rings. The Morgan fingerprint density at radius 3 is 2.50 bits per heavy atom. The van der Waals surface area contributed by atoms with E-state index in [1.807, 2.05) is 0 Å². The quantitative estimate of drug-likeness (QED) is 0.450. The van der Waals surface area contributed by atoms with Crippen LogP contribution < -0.4 is 25.3 Å². The summed E-state index contributed by atoms with van der Waals surface area (Å²) in [6.45, 7) is 1.20. The van der Waals surface area contributed by atoms with E-state index in [1.165, 1.54) is 44.6 Å². The second-order valence-electron chi connectivity index (χ2n) is 8.72. The van der Waals surface area contributed by atoms with Gasteiger partial charge in [-0.05, 0) is 24.3 Å². The van der Waals surface area contributed by atoms with Crippen molar-refractivity contribution in [2.24, 2.45) is 16.6 Å². The van der Waals surface area contributed by atoms with Crippen molar-refractivity contribution in [2.45, 2.75) is 18.9 Å². The first-order chi connectivity index (χ1) is 18.0. The number of fused-ring (bicyclic) bond motifs is 1. The maximum Gasteiger partial charge on any atom is 0.248 e. The second-order valence-corrected chi connectivity index (χ2v) is 9.09. The topological polar surface area (TPSA) is 167 Å². The van der Waals surface area contributed by atoms with Crippen LogP contribution in [-0.4, -0.2) is 61.1 Å². The summed E-state index contributed by atoms with van der Waals surface area (Å²) in [5.41, 5.74) is 3.71. The Morgan fingerprint density at radius 1 is 1.24 bits per heavy atom. The molecular weight excluding hydrogens is 518 g/mol. The van der Waals surface area contributed by atoms with Crippen LogP contribution in [-0.2, 0) is 9.59 Å². The highest BCUT2D eigenvalue weighted by molar-refractivity contribution is 6.35. The van der Waals surface area contributed by atoms with Crippen molar-refractivity contribution in [3.8, 4) is 17.2 Å². The van der Waals surface area contributed by atoms with Crippen LogP contribution in [0.5, 0.6) is 17.2 Å². The Kier molecular flexibility index (Phi) is 7.14. The van der Waals surface area contributed by atoms with Crippen molar-refractivity contribution in [1.82, 2.24) is 0 Å². The van der Waals surface area contributed by atoms with E-state index in [9.17, 15) is 24.3 Å². The first-order valence-electron chi connectivity index (χ1n) is 11.4. The van der Waals surface area contributed by atoms with E-state index in [2.05, 4.69) is 10.3 Å². The van der Waals surface area contributed by atoms with E-state index >= 15 is 0 Å². The van der Waals surface area contributed by atoms with E-state index in [4.69, 9.17) is 31.5 Å². The average Bonchev–Trinajstić information content (AvgIpc) is 3.20. The second kappa shape index (κ2) is 10.2. The molecule has 198 valence electrons. The normalized spacial score (nSPS) is 20.5. The van der Waals surface area contributed by atoms with E-state index in [1.54, 1.807) is 6.92 Å². The molecule has 4 rings (SSSR count). The molecule has 11 nitrogen and oxygen atoms in total. The minimum Gasteiger partial charge on any atom is -0.507 e. The Hall–Kier alpha value is -4.38. The number of aliphatic hydroxyl groups excluding tert-OH is 1. The molecular formula is C26H24ClN3O8. The van der Waals surface area contributed by atoms with Crippen molar-refractivity contribution >= 4 is 46.9 Å². The lowest BCUT2D eigenvalue weighted by Gasteiger charge is -2.36. The molecule has 0 saturated heterocycles. The highest BCUT2D eigenvalue weighted by Gasteiger charge is 2.60. The number of halogens is 1. The molecule has 0 bridgehead atoms. The number of methoxy groups -OCH3 is 2. The number of carbonyl (C=O) groups is 4. The van der Waals surface area contributed by atoms with Gasteiger partial charge in [0.05, 0.1) is 19.8 Å². The SMILES string of the molecule is COc1cc(OC)c2c(c1Cl)O[C@]1(C2=O)C(O)=C(C=NCC(=O)Nc2ccc(C(N)=O)cc2)C(=O)C[C@H]1C. The van der Waals surface area contributed by atoms with Crippen LogP contribution in [0.15, 0.2) is 46.7 Å². The fraction of sp³-hybridized carbons (Fsp3) is 0.269. The molecule has 1 heterocycles. The Labute approximate surface area is 222 Å². The zero-order chi connectivity index (χ0) is 27.8. The molecule has 0 radical (unpaired) electrons. The minimum atomic E-state index is -1.94. The van der Waals surface area contributed by atoms with Gasteiger partial charge in [-0.25, -0.2) is 0 Å². The van der Waals surface area contributed by atoms with Gasteiger partial charge in [-0.15, -0.1) is 0 Å². The van der Waals surface area contributed by atoms with E-state index in [0.29, 0.717) is 5.69 Å². The monoisotopic (exact) mass is 541 g/mol. The number of rotatable bonds is 7. The van der Waals surface area contributed by atoms with Gasteiger partial charge in [0.25, 0.3) is 0 Å². The third-order valence-corrected chi connectivity index (χ3v) is 6.78. The number of Topliss-reactive ketones (excluding diaryl/α,β-unsaturated/α-hetero) is 2. The van der Waals surface area contributed by atoms with Crippen LogP contribution in [0.2, 0.25) is 5.02 Å². The summed E-state index contributed by atoms with van der Waals surface area (Å²) >= 11 is 6.40. The molecule has 2 aromatic carbocycles. The molecule has 0 fully saturated rings. The van der Waals surface area contributed by atoms with Crippen LogP contribution in [0.4, 0.5) is 5.69 Å². The molecule has 2 aliphatic rings. The molecule has 0 saturated carbocycles. The molecule has 2 amide bonds. The predicted molar refractivity (Wildman–Crippen MR) is 138 cm³/mol. The van der Waals surface area contributed by atoms with Crippen molar-refractivity contribution in [2.75, 3.05) is 26.1 Å². The average molecular weight is 542 g/mol. The van der Waals surface area contributed by atoms with Gasteiger partial charge in [-0.2, -0.15) is 0 Å².